The Kier molecular flexibility index (Phi) is 2.46. The predicted octanol–water partition coefficient (Wildman–Crippen LogP) is 2.68. The molecule has 0 unspecified atom stereocenters. The van der Waals surface area contributed by atoms with Gasteiger partial charge < -0.3 is 0 Å². The van der Waals surface area contributed by atoms with Gasteiger partial charge in [0.2, 0.25) is 5.95 Å². The molecule has 0 atom stereocenters. The first-order chi connectivity index (χ1) is 5.41. The summed E-state index contributed by atoms with van der Waals surface area (Å²) in [6.45, 7) is 5.82. The first-order valence-electron chi connectivity index (χ1n) is 3.60. The van der Waals surface area contributed by atoms with Gasteiger partial charge in [0.15, 0.2) is 0 Å². The summed E-state index contributed by atoms with van der Waals surface area (Å²) in [5, 5.41) is 0. The number of hydrogen-bond acceptors (Lipinski definition) is 2. The van der Waals surface area contributed by atoms with E-state index in [1.165, 1.54) is 6.20 Å². The van der Waals surface area contributed by atoms with Crippen molar-refractivity contribution < 1.29 is 4.39 Å². The number of rotatable bonds is 0. The van der Waals surface area contributed by atoms with Crippen LogP contribution >= 0.6 is 15.9 Å². The molecule has 12 heavy (non-hydrogen) atoms. The second-order valence-corrected chi connectivity index (χ2v) is 4.44. The molecule has 2 nitrogen and oxygen atoms in total. The maximum absolute atomic E-state index is 12.9. The molecule has 1 aromatic heterocycles. The van der Waals surface area contributed by atoms with Crippen LogP contribution in [0.1, 0.15) is 26.6 Å². The summed E-state index contributed by atoms with van der Waals surface area (Å²) in [6.07, 6.45) is 1.43. The molecule has 66 valence electrons. The van der Waals surface area contributed by atoms with Crippen molar-refractivity contribution in [1.29, 1.82) is 0 Å². The Morgan fingerprint density at radius 2 is 2.00 bits per heavy atom. The van der Waals surface area contributed by atoms with Crippen LogP contribution in [0.3, 0.4) is 0 Å². The Labute approximate surface area is 79.4 Å². The summed E-state index contributed by atoms with van der Waals surface area (Å²) >= 11 is 3.00. The second-order valence-electron chi connectivity index (χ2n) is 3.58. The Morgan fingerprint density at radius 1 is 1.42 bits per heavy atom. The van der Waals surface area contributed by atoms with Crippen molar-refractivity contribution in [2.75, 3.05) is 0 Å². The Morgan fingerprint density at radius 3 is 2.42 bits per heavy atom. The van der Waals surface area contributed by atoms with E-state index in [0.29, 0.717) is 10.3 Å². The van der Waals surface area contributed by atoms with Crippen molar-refractivity contribution in [3.63, 3.8) is 0 Å². The van der Waals surface area contributed by atoms with E-state index in [4.69, 9.17) is 0 Å². The second kappa shape index (κ2) is 3.09. The average Bonchev–Trinajstić information content (AvgIpc) is 1.92. The fraction of sp³-hybridized carbons (Fsp3) is 0.500. The monoisotopic (exact) mass is 232 g/mol. The lowest BCUT2D eigenvalue weighted by Crippen LogP contribution is -2.16. The number of aromatic nitrogens is 2. The van der Waals surface area contributed by atoms with Crippen molar-refractivity contribution in [2.45, 2.75) is 26.2 Å². The smallest absolute Gasteiger partial charge is 0.230 e. The van der Waals surface area contributed by atoms with Gasteiger partial charge >= 0.3 is 0 Å². The van der Waals surface area contributed by atoms with Crippen molar-refractivity contribution in [2.24, 2.45) is 0 Å². The van der Waals surface area contributed by atoms with Gasteiger partial charge in [-0.1, -0.05) is 20.8 Å². The molecule has 1 aromatic rings. The Bertz CT molecular complexity index is 294. The molecule has 0 spiro atoms. The number of halogens is 2. The quantitative estimate of drug-likeness (QED) is 0.644. The van der Waals surface area contributed by atoms with E-state index in [1.807, 2.05) is 20.8 Å². The minimum Gasteiger partial charge on any atom is -0.239 e. The van der Waals surface area contributed by atoms with E-state index in [9.17, 15) is 4.39 Å². The van der Waals surface area contributed by atoms with Gasteiger partial charge in [-0.3, -0.25) is 0 Å². The standard InChI is InChI=1S/C8H10BrFN2/c1-8(2,3)7-11-4-5(9)6(10)12-7/h4H,1-3H3. The summed E-state index contributed by atoms with van der Waals surface area (Å²) < 4.78 is 13.2. The molecule has 1 heterocycles. The van der Waals surface area contributed by atoms with Gasteiger partial charge in [-0.25, -0.2) is 9.97 Å². The summed E-state index contributed by atoms with van der Waals surface area (Å²) in [5.41, 5.74) is -0.207. The van der Waals surface area contributed by atoms with Crippen molar-refractivity contribution in [1.82, 2.24) is 9.97 Å². The van der Waals surface area contributed by atoms with Gasteiger partial charge in [0.25, 0.3) is 0 Å². The van der Waals surface area contributed by atoms with E-state index >= 15 is 0 Å². The average molecular weight is 233 g/mol. The highest BCUT2D eigenvalue weighted by Crippen LogP contribution is 2.20. The van der Waals surface area contributed by atoms with E-state index in [1.54, 1.807) is 0 Å². The maximum atomic E-state index is 12.9. The van der Waals surface area contributed by atoms with Gasteiger partial charge in [0, 0.05) is 11.6 Å². The molecule has 0 saturated heterocycles. The minimum atomic E-state index is -0.505. The molecule has 0 aliphatic carbocycles. The molecule has 0 amide bonds. The van der Waals surface area contributed by atoms with Gasteiger partial charge in [-0.05, 0) is 15.9 Å². The maximum Gasteiger partial charge on any atom is 0.230 e. The third kappa shape index (κ3) is 2.00. The lowest BCUT2D eigenvalue weighted by Gasteiger charge is -2.15. The largest absolute Gasteiger partial charge is 0.239 e. The lowest BCUT2D eigenvalue weighted by atomic mass is 9.96. The topological polar surface area (TPSA) is 25.8 Å². The molecule has 0 aromatic carbocycles. The molecule has 0 aliphatic heterocycles. The zero-order valence-corrected chi connectivity index (χ0v) is 8.81. The zero-order chi connectivity index (χ0) is 9.35. The van der Waals surface area contributed by atoms with Crippen LogP contribution in [-0.4, -0.2) is 9.97 Å². The molecule has 0 fully saturated rings. The van der Waals surface area contributed by atoms with E-state index in [2.05, 4.69) is 25.9 Å². The normalized spacial score (nSPS) is 11.8. The van der Waals surface area contributed by atoms with Crippen LogP contribution < -0.4 is 0 Å². The van der Waals surface area contributed by atoms with Crippen LogP contribution in [0.15, 0.2) is 10.7 Å². The fourth-order valence-corrected chi connectivity index (χ4v) is 0.899. The van der Waals surface area contributed by atoms with Crippen LogP contribution in [0.5, 0.6) is 0 Å². The lowest BCUT2D eigenvalue weighted by molar-refractivity contribution is 0.499. The van der Waals surface area contributed by atoms with E-state index < -0.39 is 5.95 Å². The van der Waals surface area contributed by atoms with Gasteiger partial charge in [0.1, 0.15) is 5.82 Å². The highest BCUT2D eigenvalue weighted by atomic mass is 79.9. The van der Waals surface area contributed by atoms with E-state index in [-0.39, 0.29) is 5.41 Å². The minimum absolute atomic E-state index is 0.207. The molecule has 0 N–H and O–H groups in total. The van der Waals surface area contributed by atoms with Crippen LogP contribution in [0, 0.1) is 5.95 Å². The zero-order valence-electron chi connectivity index (χ0n) is 7.23. The van der Waals surface area contributed by atoms with Crippen LogP contribution in [0.2, 0.25) is 0 Å². The summed E-state index contributed by atoms with van der Waals surface area (Å²) in [6, 6.07) is 0. The highest BCUT2D eigenvalue weighted by Gasteiger charge is 2.18. The Balaban J connectivity index is 3.14. The van der Waals surface area contributed by atoms with Crippen LogP contribution in [0.25, 0.3) is 0 Å². The molecule has 0 radical (unpaired) electrons. The third-order valence-corrected chi connectivity index (χ3v) is 1.90. The summed E-state index contributed by atoms with van der Waals surface area (Å²) in [7, 11) is 0. The molecule has 0 saturated carbocycles. The first kappa shape index (κ1) is 9.58. The molecule has 4 heteroatoms. The SMILES string of the molecule is CC(C)(C)c1ncc(Br)c(F)n1. The number of nitrogens with zero attached hydrogens (tertiary/aromatic N) is 2. The highest BCUT2D eigenvalue weighted by molar-refractivity contribution is 9.10. The van der Waals surface area contributed by atoms with Crippen LogP contribution in [-0.2, 0) is 5.41 Å². The first-order valence-corrected chi connectivity index (χ1v) is 4.39. The molecular formula is C8H10BrFN2. The molecule has 0 aliphatic rings. The predicted molar refractivity (Wildman–Crippen MR) is 48.4 cm³/mol. The Hall–Kier alpha value is -0.510. The molecule has 0 bridgehead atoms. The van der Waals surface area contributed by atoms with Gasteiger partial charge in [0.05, 0.1) is 4.47 Å². The molecule has 1 rings (SSSR count). The molecular weight excluding hydrogens is 223 g/mol. The van der Waals surface area contributed by atoms with Gasteiger partial charge in [-0.15, -0.1) is 0 Å². The van der Waals surface area contributed by atoms with Crippen molar-refractivity contribution >= 4 is 15.9 Å². The third-order valence-electron chi connectivity index (χ3n) is 1.37. The van der Waals surface area contributed by atoms with Crippen molar-refractivity contribution in [3.8, 4) is 0 Å². The summed E-state index contributed by atoms with van der Waals surface area (Å²) in [5.74, 6) is 0.0122. The fourth-order valence-electron chi connectivity index (χ4n) is 0.708. The van der Waals surface area contributed by atoms with Crippen molar-refractivity contribution in [3.05, 3.63) is 22.4 Å². The number of hydrogen-bond donors (Lipinski definition) is 0. The van der Waals surface area contributed by atoms with E-state index in [0.717, 1.165) is 0 Å². The van der Waals surface area contributed by atoms with Gasteiger partial charge in [-0.2, -0.15) is 4.39 Å². The van der Waals surface area contributed by atoms with Crippen LogP contribution in [0.4, 0.5) is 4.39 Å². The summed E-state index contributed by atoms with van der Waals surface area (Å²) in [4.78, 5) is 7.73.